The normalized spacial score (nSPS) is 22.4. The number of pyridine rings is 1. The highest BCUT2D eigenvalue weighted by Crippen LogP contribution is 2.45. The van der Waals surface area contributed by atoms with Gasteiger partial charge in [0.1, 0.15) is 5.82 Å². The van der Waals surface area contributed by atoms with E-state index in [2.05, 4.69) is 81.5 Å². The van der Waals surface area contributed by atoms with E-state index in [0.29, 0.717) is 18.2 Å². The van der Waals surface area contributed by atoms with Gasteiger partial charge in [-0.05, 0) is 71.4 Å². The van der Waals surface area contributed by atoms with E-state index in [1.807, 2.05) is 13.2 Å². The van der Waals surface area contributed by atoms with E-state index in [1.54, 1.807) is 23.1 Å². The lowest BCUT2D eigenvalue weighted by Crippen LogP contribution is -2.49. The van der Waals surface area contributed by atoms with Gasteiger partial charge in [-0.1, -0.05) is 56.3 Å². The van der Waals surface area contributed by atoms with Gasteiger partial charge < -0.3 is 20.9 Å². The van der Waals surface area contributed by atoms with Gasteiger partial charge >= 0.3 is 0 Å². The molecule has 3 atom stereocenters. The van der Waals surface area contributed by atoms with Crippen LogP contribution < -0.4 is 11.1 Å². The summed E-state index contributed by atoms with van der Waals surface area (Å²) in [5, 5.41) is 16.8. The lowest BCUT2D eigenvalue weighted by Gasteiger charge is -2.45. The molecule has 1 amide bonds. The van der Waals surface area contributed by atoms with Gasteiger partial charge in [-0.3, -0.25) is 19.3 Å². The molecule has 2 aromatic heterocycles. The van der Waals surface area contributed by atoms with Crippen molar-refractivity contribution in [1.82, 2.24) is 29.9 Å². The second-order valence-electron chi connectivity index (χ2n) is 15.0. The molecule has 3 aliphatic rings. The number of amides is 1. The molecule has 1 saturated carbocycles. The molecule has 3 heterocycles. The fourth-order valence-electron chi connectivity index (χ4n) is 8.14. The number of β-amino-alcohol motifs (C(OH)–C–C–N with tert-alkyl or cyclic N) is 1. The number of aliphatic hydroxyl groups excluding tert-OH is 1. The Kier molecular flexibility index (Phi) is 10.1. The Bertz CT molecular complexity index is 1790. The summed E-state index contributed by atoms with van der Waals surface area (Å²) in [5.74, 6) is -0.0212. The van der Waals surface area contributed by atoms with Gasteiger partial charge in [-0.25, -0.2) is 4.98 Å². The highest BCUT2D eigenvalue weighted by molar-refractivity contribution is 5.99. The first-order valence-corrected chi connectivity index (χ1v) is 18.2. The van der Waals surface area contributed by atoms with Gasteiger partial charge in [-0.15, -0.1) is 0 Å². The number of hydrogen-bond acceptors (Lipinski definition) is 8. The minimum atomic E-state index is -0.231. The molecular formula is C40H51N7O3. The maximum atomic E-state index is 13.3. The highest BCUT2D eigenvalue weighted by atomic mass is 16.5. The molecule has 1 saturated heterocycles. The van der Waals surface area contributed by atoms with Gasteiger partial charge in [0.15, 0.2) is 0 Å². The Hall–Kier alpha value is -4.09. The predicted molar refractivity (Wildman–Crippen MR) is 197 cm³/mol. The van der Waals surface area contributed by atoms with Crippen LogP contribution in [0.25, 0.3) is 22.3 Å². The van der Waals surface area contributed by atoms with E-state index in [-0.39, 0.29) is 35.9 Å². The third-order valence-corrected chi connectivity index (χ3v) is 11.2. The van der Waals surface area contributed by atoms with Crippen molar-refractivity contribution in [2.75, 3.05) is 45.1 Å². The van der Waals surface area contributed by atoms with Crippen LogP contribution in [0.15, 0.2) is 67.1 Å². The van der Waals surface area contributed by atoms with Crippen molar-refractivity contribution in [3.05, 3.63) is 89.4 Å². The third kappa shape index (κ3) is 7.35. The monoisotopic (exact) mass is 677 g/mol. The van der Waals surface area contributed by atoms with Crippen molar-refractivity contribution in [2.24, 2.45) is 7.05 Å². The smallest absolute Gasteiger partial charge is 0.255 e. The average Bonchev–Trinajstić information content (AvgIpc) is 3.76. The molecule has 10 nitrogen and oxygen atoms in total. The molecule has 264 valence electrons. The van der Waals surface area contributed by atoms with Crippen LogP contribution in [0, 0.1) is 0 Å². The van der Waals surface area contributed by atoms with Crippen molar-refractivity contribution in [3.8, 4) is 22.3 Å². The van der Waals surface area contributed by atoms with Crippen LogP contribution in [0.3, 0.4) is 0 Å². The van der Waals surface area contributed by atoms with Gasteiger partial charge in [-0.2, -0.15) is 5.10 Å². The molecule has 0 radical (unpaired) electrons. The summed E-state index contributed by atoms with van der Waals surface area (Å²) in [6.07, 6.45) is 10.3. The number of nitrogens with two attached hydrogens (primary N) is 1. The number of carbonyl (C=O) groups is 1. The summed E-state index contributed by atoms with van der Waals surface area (Å²) in [7, 11) is 1.85. The molecule has 1 aliphatic heterocycles. The zero-order valence-corrected chi connectivity index (χ0v) is 29.6. The van der Waals surface area contributed by atoms with Crippen LogP contribution in [-0.2, 0) is 23.8 Å². The number of ether oxygens (including phenoxy) is 1. The van der Waals surface area contributed by atoms with E-state index in [1.165, 1.54) is 35.1 Å². The fraction of sp³-hybridized carbons (Fsp3) is 0.475. The number of aryl methyl sites for hydroxylation is 1. The molecule has 50 heavy (non-hydrogen) atoms. The summed E-state index contributed by atoms with van der Waals surface area (Å²) < 4.78 is 8.13. The van der Waals surface area contributed by atoms with Crippen LogP contribution in [0.4, 0.5) is 5.82 Å². The summed E-state index contributed by atoms with van der Waals surface area (Å²) in [6.45, 7) is 10.4. The van der Waals surface area contributed by atoms with Crippen LogP contribution in [-0.4, -0.2) is 87.1 Å². The summed E-state index contributed by atoms with van der Waals surface area (Å²) in [6, 6.07) is 18.0. The first kappa shape index (κ1) is 34.4. The van der Waals surface area contributed by atoms with Crippen LogP contribution >= 0.6 is 0 Å². The van der Waals surface area contributed by atoms with E-state index >= 15 is 0 Å². The average molecular weight is 678 g/mol. The molecule has 2 aliphatic carbocycles. The number of aliphatic hydroxyl groups is 1. The van der Waals surface area contributed by atoms with Crippen molar-refractivity contribution in [2.45, 2.75) is 76.2 Å². The number of piperazine rings is 1. The quantitative estimate of drug-likeness (QED) is 0.206. The van der Waals surface area contributed by atoms with E-state index in [4.69, 9.17) is 10.5 Å². The lowest BCUT2D eigenvalue weighted by atomic mass is 9.70. The lowest BCUT2D eigenvalue weighted by molar-refractivity contribution is 0.0272. The molecule has 4 aromatic rings. The molecular weight excluding hydrogens is 626 g/mol. The minimum absolute atomic E-state index is 0.0669. The number of nitrogen functional groups attached to an aromatic ring is 1. The topological polar surface area (TPSA) is 122 Å². The maximum absolute atomic E-state index is 13.3. The summed E-state index contributed by atoms with van der Waals surface area (Å²) in [5.41, 5.74) is 14.8. The van der Waals surface area contributed by atoms with Gasteiger partial charge in [0.05, 0.1) is 37.1 Å². The standard InChI is InChI=1S/C40H51N7O3/c1-40(2)14-13-36(47-17-15-46(16-18-47)19-20-48)32-12-11-29(22-34(32)40)28-9-7-27(8-10-28)26-50-37-6-4-5-35(37)44-39(49)33-21-30(23-42-38(33)41)31-24-43-45(3)25-31/h7-12,21-25,35-37,48H,4-6,13-20,26H2,1-3H3,(H2,41,42)(H,44,49)/t35-,36?,37-/m0/s1. The molecule has 2 fully saturated rings. The van der Waals surface area contributed by atoms with Gasteiger partial charge in [0, 0.05) is 69.3 Å². The number of fused-ring (bicyclic) bond motifs is 1. The Morgan fingerprint density at radius 1 is 0.980 bits per heavy atom. The zero-order chi connectivity index (χ0) is 34.8. The van der Waals surface area contributed by atoms with Crippen LogP contribution in [0.1, 0.15) is 79.0 Å². The molecule has 4 N–H and O–H groups in total. The number of nitrogens with one attached hydrogen (secondary N) is 1. The van der Waals surface area contributed by atoms with E-state index in [0.717, 1.165) is 68.7 Å². The van der Waals surface area contributed by atoms with Crippen molar-refractivity contribution < 1.29 is 14.6 Å². The molecule has 0 bridgehead atoms. The molecule has 0 spiro atoms. The Morgan fingerprint density at radius 3 is 2.50 bits per heavy atom. The van der Waals surface area contributed by atoms with Crippen LogP contribution in [0.2, 0.25) is 0 Å². The number of rotatable bonds is 10. The number of hydrogen-bond donors (Lipinski definition) is 3. The van der Waals surface area contributed by atoms with Crippen molar-refractivity contribution in [1.29, 1.82) is 0 Å². The SMILES string of the molecule is Cn1cc(-c2cnc(N)c(C(=O)N[C@H]3CCC[C@@H]3OCc3ccc(-c4ccc5c(c4)C(C)(C)CCC5N4CCN(CCO)CC4)cc3)c2)cn1. The first-order chi connectivity index (χ1) is 24.2. The summed E-state index contributed by atoms with van der Waals surface area (Å²) in [4.78, 5) is 22.7. The van der Waals surface area contributed by atoms with Crippen molar-refractivity contribution in [3.63, 3.8) is 0 Å². The predicted octanol–water partition coefficient (Wildman–Crippen LogP) is 5.32. The molecule has 1 unspecified atom stereocenters. The number of benzene rings is 2. The summed E-state index contributed by atoms with van der Waals surface area (Å²) >= 11 is 0. The van der Waals surface area contributed by atoms with Crippen molar-refractivity contribution >= 4 is 11.7 Å². The van der Waals surface area contributed by atoms with E-state index < -0.39 is 0 Å². The maximum Gasteiger partial charge on any atom is 0.255 e. The first-order valence-electron chi connectivity index (χ1n) is 18.2. The van der Waals surface area contributed by atoms with Crippen LogP contribution in [0.5, 0.6) is 0 Å². The Morgan fingerprint density at radius 2 is 1.76 bits per heavy atom. The van der Waals surface area contributed by atoms with E-state index in [9.17, 15) is 9.90 Å². The number of nitrogens with zero attached hydrogens (tertiary/aromatic N) is 5. The molecule has 2 aromatic carbocycles. The largest absolute Gasteiger partial charge is 0.395 e. The minimum Gasteiger partial charge on any atom is -0.395 e. The number of aromatic nitrogens is 3. The highest BCUT2D eigenvalue weighted by Gasteiger charge is 2.36. The Labute approximate surface area is 295 Å². The number of anilines is 1. The van der Waals surface area contributed by atoms with Gasteiger partial charge in [0.2, 0.25) is 0 Å². The second-order valence-corrected chi connectivity index (χ2v) is 15.0. The Balaban J connectivity index is 0.980. The number of carbonyl (C=O) groups excluding carboxylic acids is 1. The molecule has 10 heteroatoms. The fourth-order valence-corrected chi connectivity index (χ4v) is 8.14. The zero-order valence-electron chi connectivity index (χ0n) is 29.6. The third-order valence-electron chi connectivity index (χ3n) is 11.2. The second kappa shape index (κ2) is 14.6. The van der Waals surface area contributed by atoms with Gasteiger partial charge in [0.25, 0.3) is 5.91 Å². The molecule has 7 rings (SSSR count).